The van der Waals surface area contributed by atoms with Crippen molar-refractivity contribution in [2.45, 2.75) is 72.3 Å². The Hall–Kier alpha value is -2.27. The average molecular weight is 409 g/mol. The topological polar surface area (TPSA) is 35.6 Å². The van der Waals surface area contributed by atoms with E-state index in [1.807, 2.05) is 9.36 Å². The SMILES string of the molecule is CCC(C)n1nnn(-c2c(C(C)C)cc(Cc3ccccc3)cc2C(C)C)c1=S. The molecule has 1 aromatic heterocycles. The molecule has 0 N–H and O–H groups in total. The van der Waals surface area contributed by atoms with Crippen LogP contribution in [0.3, 0.4) is 0 Å². The zero-order chi connectivity index (χ0) is 21.1. The van der Waals surface area contributed by atoms with Crippen LogP contribution >= 0.6 is 12.2 Å². The smallest absolute Gasteiger partial charge is 0.215 e. The van der Waals surface area contributed by atoms with Crippen LogP contribution in [-0.2, 0) is 6.42 Å². The molecule has 0 bridgehead atoms. The van der Waals surface area contributed by atoms with Crippen molar-refractivity contribution in [3.63, 3.8) is 0 Å². The van der Waals surface area contributed by atoms with Crippen LogP contribution < -0.4 is 0 Å². The molecule has 3 rings (SSSR count). The maximum atomic E-state index is 5.78. The van der Waals surface area contributed by atoms with Crippen molar-refractivity contribution >= 4 is 12.2 Å². The predicted molar refractivity (Wildman–Crippen MR) is 123 cm³/mol. The first-order valence-corrected chi connectivity index (χ1v) is 11.0. The Kier molecular flexibility index (Phi) is 6.68. The van der Waals surface area contributed by atoms with Gasteiger partial charge in [0.15, 0.2) is 0 Å². The summed E-state index contributed by atoms with van der Waals surface area (Å²) in [6.07, 6.45) is 1.89. The summed E-state index contributed by atoms with van der Waals surface area (Å²) >= 11 is 5.78. The quantitative estimate of drug-likeness (QED) is 0.413. The summed E-state index contributed by atoms with van der Waals surface area (Å²) in [5, 5.41) is 8.86. The van der Waals surface area contributed by atoms with Crippen LogP contribution in [0.25, 0.3) is 5.69 Å². The predicted octanol–water partition coefficient (Wildman–Crippen LogP) is 6.61. The van der Waals surface area contributed by atoms with Gasteiger partial charge >= 0.3 is 0 Å². The Morgan fingerprint density at radius 1 is 0.862 bits per heavy atom. The van der Waals surface area contributed by atoms with Crippen molar-refractivity contribution in [2.75, 3.05) is 0 Å². The van der Waals surface area contributed by atoms with E-state index in [2.05, 4.69) is 94.4 Å². The highest BCUT2D eigenvalue weighted by molar-refractivity contribution is 7.71. The number of aromatic nitrogens is 4. The molecule has 3 aromatic rings. The van der Waals surface area contributed by atoms with E-state index in [9.17, 15) is 0 Å². The van der Waals surface area contributed by atoms with Gasteiger partial charge in [0, 0.05) is 0 Å². The lowest BCUT2D eigenvalue weighted by atomic mass is 9.88. The molecule has 0 amide bonds. The molecule has 0 radical (unpaired) electrons. The third kappa shape index (κ3) is 4.50. The molecule has 0 aliphatic rings. The van der Waals surface area contributed by atoms with E-state index in [4.69, 9.17) is 12.2 Å². The van der Waals surface area contributed by atoms with Gasteiger partial charge in [-0.1, -0.05) is 77.1 Å². The summed E-state index contributed by atoms with van der Waals surface area (Å²) in [6.45, 7) is 13.2. The van der Waals surface area contributed by atoms with E-state index in [1.54, 1.807) is 0 Å². The molecule has 1 unspecified atom stereocenters. The summed E-state index contributed by atoms with van der Waals surface area (Å²) in [7, 11) is 0. The van der Waals surface area contributed by atoms with Crippen LogP contribution in [0.1, 0.15) is 88.1 Å². The largest absolute Gasteiger partial charge is 0.220 e. The Balaban J connectivity index is 2.19. The van der Waals surface area contributed by atoms with E-state index >= 15 is 0 Å². The Morgan fingerprint density at radius 3 is 1.97 bits per heavy atom. The molecular formula is C24H32N4S. The second kappa shape index (κ2) is 9.04. The highest BCUT2D eigenvalue weighted by Gasteiger charge is 2.21. The van der Waals surface area contributed by atoms with Crippen molar-refractivity contribution in [2.24, 2.45) is 0 Å². The number of tetrazole rings is 1. The second-order valence-corrected chi connectivity index (χ2v) is 8.83. The van der Waals surface area contributed by atoms with Crippen molar-refractivity contribution in [3.8, 4) is 5.69 Å². The number of hydrogen-bond donors (Lipinski definition) is 0. The molecule has 0 spiro atoms. The highest BCUT2D eigenvalue weighted by Crippen LogP contribution is 2.33. The van der Waals surface area contributed by atoms with E-state index in [1.165, 1.54) is 22.3 Å². The fourth-order valence-corrected chi connectivity index (χ4v) is 3.99. The van der Waals surface area contributed by atoms with Crippen molar-refractivity contribution in [3.05, 3.63) is 69.5 Å². The molecule has 5 heteroatoms. The molecule has 0 aliphatic heterocycles. The van der Waals surface area contributed by atoms with E-state index in [0.29, 0.717) is 16.6 Å². The lowest BCUT2D eigenvalue weighted by Gasteiger charge is -2.21. The molecule has 0 saturated heterocycles. The number of rotatable bonds is 7. The molecule has 4 nitrogen and oxygen atoms in total. The summed E-state index contributed by atoms with van der Waals surface area (Å²) in [5.74, 6) is 0.711. The van der Waals surface area contributed by atoms with Gasteiger partial charge in [0.25, 0.3) is 0 Å². The maximum Gasteiger partial charge on any atom is 0.220 e. The zero-order valence-corrected chi connectivity index (χ0v) is 19.2. The van der Waals surface area contributed by atoms with Crippen LogP contribution in [-0.4, -0.2) is 19.8 Å². The van der Waals surface area contributed by atoms with Crippen LogP contribution in [0.4, 0.5) is 0 Å². The minimum absolute atomic E-state index is 0.235. The molecule has 0 fully saturated rings. The molecular weight excluding hydrogens is 376 g/mol. The fourth-order valence-electron chi connectivity index (χ4n) is 3.65. The van der Waals surface area contributed by atoms with Crippen molar-refractivity contribution in [1.82, 2.24) is 19.8 Å². The Bertz CT molecular complexity index is 986. The van der Waals surface area contributed by atoms with Crippen LogP contribution in [0.15, 0.2) is 42.5 Å². The van der Waals surface area contributed by atoms with Gasteiger partial charge < -0.3 is 0 Å². The van der Waals surface area contributed by atoms with Gasteiger partial charge in [-0.2, -0.15) is 4.68 Å². The lowest BCUT2D eigenvalue weighted by Crippen LogP contribution is -2.11. The Labute approximate surface area is 179 Å². The molecule has 1 heterocycles. The van der Waals surface area contributed by atoms with E-state index in [0.717, 1.165) is 18.5 Å². The fraction of sp³-hybridized carbons (Fsp3) is 0.458. The first-order chi connectivity index (χ1) is 13.8. The highest BCUT2D eigenvalue weighted by atomic mass is 32.1. The number of benzene rings is 2. The summed E-state index contributed by atoms with van der Waals surface area (Å²) < 4.78 is 4.40. The normalized spacial score (nSPS) is 12.7. The van der Waals surface area contributed by atoms with Gasteiger partial charge in [0.05, 0.1) is 11.7 Å². The molecule has 0 saturated carbocycles. The van der Waals surface area contributed by atoms with E-state index in [-0.39, 0.29) is 6.04 Å². The molecule has 2 aromatic carbocycles. The van der Waals surface area contributed by atoms with Gasteiger partial charge in [-0.15, -0.1) is 0 Å². The first kappa shape index (κ1) is 21.4. The van der Waals surface area contributed by atoms with Gasteiger partial charge in [-0.05, 0) is 76.5 Å². The standard InChI is InChI=1S/C24H32N4S/c1-7-18(6)27-24(29)28(26-25-27)23-21(16(2)3)14-20(15-22(23)17(4)5)13-19-11-9-8-10-12-19/h8-12,14-18H,7,13H2,1-6H3. The average Bonchev–Trinajstić information content (AvgIpc) is 3.08. The van der Waals surface area contributed by atoms with Crippen LogP contribution in [0, 0.1) is 4.77 Å². The second-order valence-electron chi connectivity index (χ2n) is 8.47. The summed E-state index contributed by atoms with van der Waals surface area (Å²) in [6, 6.07) is 15.5. The number of hydrogen-bond acceptors (Lipinski definition) is 3. The van der Waals surface area contributed by atoms with Crippen LogP contribution in [0.2, 0.25) is 0 Å². The molecule has 154 valence electrons. The number of nitrogens with zero attached hydrogens (tertiary/aromatic N) is 4. The first-order valence-electron chi connectivity index (χ1n) is 10.6. The van der Waals surface area contributed by atoms with Gasteiger partial charge in [0.1, 0.15) is 0 Å². The van der Waals surface area contributed by atoms with Gasteiger partial charge in [0.2, 0.25) is 4.77 Å². The lowest BCUT2D eigenvalue weighted by molar-refractivity contribution is 0.459. The van der Waals surface area contributed by atoms with Gasteiger partial charge in [-0.3, -0.25) is 0 Å². The summed E-state index contributed by atoms with van der Waals surface area (Å²) in [4.78, 5) is 0. The third-order valence-corrected chi connectivity index (χ3v) is 5.91. The summed E-state index contributed by atoms with van der Waals surface area (Å²) in [5.41, 5.74) is 6.30. The Morgan fingerprint density at radius 2 is 1.45 bits per heavy atom. The van der Waals surface area contributed by atoms with Crippen molar-refractivity contribution < 1.29 is 0 Å². The zero-order valence-electron chi connectivity index (χ0n) is 18.4. The third-order valence-electron chi connectivity index (χ3n) is 5.55. The maximum absolute atomic E-state index is 5.78. The van der Waals surface area contributed by atoms with Crippen LogP contribution in [0.5, 0.6) is 0 Å². The van der Waals surface area contributed by atoms with E-state index < -0.39 is 0 Å². The van der Waals surface area contributed by atoms with Crippen molar-refractivity contribution in [1.29, 1.82) is 0 Å². The monoisotopic (exact) mass is 408 g/mol. The molecule has 0 aliphatic carbocycles. The molecule has 1 atom stereocenters. The minimum atomic E-state index is 0.235. The van der Waals surface area contributed by atoms with Gasteiger partial charge in [-0.25, -0.2) is 4.68 Å². The molecule has 29 heavy (non-hydrogen) atoms. The minimum Gasteiger partial charge on any atom is -0.215 e.